The van der Waals surface area contributed by atoms with Gasteiger partial charge in [0.2, 0.25) is 0 Å². The zero-order chi connectivity index (χ0) is 13.3. The molecule has 0 aliphatic carbocycles. The smallest absolute Gasteiger partial charge is 0.261 e. The van der Waals surface area contributed by atoms with Crippen LogP contribution in [0.4, 0.5) is 0 Å². The molecule has 0 aliphatic rings. The van der Waals surface area contributed by atoms with E-state index in [1.807, 2.05) is 11.5 Å². The Morgan fingerprint density at radius 3 is 2.94 bits per heavy atom. The lowest BCUT2D eigenvalue weighted by molar-refractivity contribution is -0.121. The first-order valence-corrected chi connectivity index (χ1v) is 6.27. The van der Waals surface area contributed by atoms with Crippen LogP contribution >= 0.6 is 22.6 Å². The van der Waals surface area contributed by atoms with E-state index in [0.29, 0.717) is 16.7 Å². The molecule has 1 heterocycles. The van der Waals surface area contributed by atoms with E-state index < -0.39 is 5.91 Å². The molecule has 0 aliphatic heterocycles. The third-order valence-electron chi connectivity index (χ3n) is 2.57. The van der Waals surface area contributed by atoms with Crippen LogP contribution < -0.4 is 16.8 Å². The lowest BCUT2D eigenvalue weighted by Gasteiger charge is -2.09. The van der Waals surface area contributed by atoms with Gasteiger partial charge in [0.05, 0.1) is 10.9 Å². The van der Waals surface area contributed by atoms with Crippen LogP contribution in [0.2, 0.25) is 0 Å². The molecule has 94 valence electrons. The second-order valence-electron chi connectivity index (χ2n) is 3.78. The summed E-state index contributed by atoms with van der Waals surface area (Å²) in [6.07, 6.45) is 0. The minimum atomic E-state index is -0.438. The molecule has 18 heavy (non-hydrogen) atoms. The largest absolute Gasteiger partial charge is 0.293 e. The van der Waals surface area contributed by atoms with Crippen molar-refractivity contribution in [1.82, 2.24) is 15.0 Å². The summed E-state index contributed by atoms with van der Waals surface area (Å²) in [6, 6.07) is 5.42. The van der Waals surface area contributed by atoms with E-state index in [1.54, 1.807) is 19.1 Å². The summed E-state index contributed by atoms with van der Waals surface area (Å²) in [6.45, 7) is 1.55. The molecule has 2 aromatic rings. The van der Waals surface area contributed by atoms with Gasteiger partial charge in [0.1, 0.15) is 12.4 Å². The van der Waals surface area contributed by atoms with E-state index in [9.17, 15) is 9.59 Å². The average molecular weight is 358 g/mol. The first-order valence-electron chi connectivity index (χ1n) is 5.19. The Hall–Kier alpha value is -1.48. The molecule has 1 aromatic carbocycles. The second-order valence-corrected chi connectivity index (χ2v) is 5.02. The third-order valence-corrected chi connectivity index (χ3v) is 3.24. The van der Waals surface area contributed by atoms with Crippen molar-refractivity contribution in [3.8, 4) is 0 Å². The Kier molecular flexibility index (Phi) is 3.62. The lowest BCUT2D eigenvalue weighted by Crippen LogP contribution is -2.37. The zero-order valence-electron chi connectivity index (χ0n) is 9.61. The van der Waals surface area contributed by atoms with Gasteiger partial charge in [-0.2, -0.15) is 0 Å². The minimum Gasteiger partial charge on any atom is -0.293 e. The molecule has 1 amide bonds. The highest BCUT2D eigenvalue weighted by molar-refractivity contribution is 14.1. The zero-order valence-corrected chi connectivity index (χ0v) is 11.8. The molecular formula is C11H11IN4O2. The highest BCUT2D eigenvalue weighted by atomic mass is 127. The summed E-state index contributed by atoms with van der Waals surface area (Å²) < 4.78 is 2.25. The molecule has 0 fully saturated rings. The number of carbonyl (C=O) groups is 1. The Balaban J connectivity index is 2.67. The molecule has 7 heteroatoms. The molecule has 0 saturated carbocycles. The van der Waals surface area contributed by atoms with Crippen LogP contribution in [0.15, 0.2) is 23.0 Å². The summed E-state index contributed by atoms with van der Waals surface area (Å²) in [4.78, 5) is 27.8. The maximum Gasteiger partial charge on any atom is 0.261 e. The number of aryl methyl sites for hydroxylation is 1. The first kappa shape index (κ1) is 13.0. The molecule has 2 rings (SSSR count). The summed E-state index contributed by atoms with van der Waals surface area (Å²) in [5.41, 5.74) is 2.39. The highest BCUT2D eigenvalue weighted by Gasteiger charge is 2.10. The normalized spacial score (nSPS) is 10.6. The van der Waals surface area contributed by atoms with Crippen LogP contribution in [0.5, 0.6) is 0 Å². The van der Waals surface area contributed by atoms with Gasteiger partial charge in [-0.1, -0.05) is 0 Å². The first-order chi connectivity index (χ1) is 8.52. The molecule has 0 radical (unpaired) electrons. The van der Waals surface area contributed by atoms with E-state index in [-0.39, 0.29) is 12.1 Å². The van der Waals surface area contributed by atoms with E-state index >= 15 is 0 Å². The maximum atomic E-state index is 12.3. The van der Waals surface area contributed by atoms with Crippen molar-refractivity contribution in [2.45, 2.75) is 13.5 Å². The van der Waals surface area contributed by atoms with Gasteiger partial charge in [0, 0.05) is 3.57 Å². The number of hydrogen-bond acceptors (Lipinski definition) is 4. The predicted molar refractivity (Wildman–Crippen MR) is 75.8 cm³/mol. The molecular weight excluding hydrogens is 347 g/mol. The van der Waals surface area contributed by atoms with Gasteiger partial charge in [0.15, 0.2) is 0 Å². The summed E-state index contributed by atoms with van der Waals surface area (Å²) >= 11 is 2.12. The topological polar surface area (TPSA) is 90.0 Å². The Bertz CT molecular complexity index is 681. The molecule has 0 atom stereocenters. The number of nitrogens with zero attached hydrogens (tertiary/aromatic N) is 2. The molecule has 0 unspecified atom stereocenters. The SMILES string of the molecule is Cc1nc2ccc(I)cc2c(=O)n1CC(=O)NN. The lowest BCUT2D eigenvalue weighted by atomic mass is 10.2. The van der Waals surface area contributed by atoms with Crippen molar-refractivity contribution in [2.75, 3.05) is 0 Å². The Morgan fingerprint density at radius 2 is 2.28 bits per heavy atom. The van der Waals surface area contributed by atoms with Crippen molar-refractivity contribution < 1.29 is 4.79 Å². The van der Waals surface area contributed by atoms with Crippen LogP contribution in [0.1, 0.15) is 5.82 Å². The standard InChI is InChI=1S/C11H11IN4O2/c1-6-14-9-3-2-7(12)4-8(9)11(18)16(6)5-10(17)15-13/h2-4H,5,13H2,1H3,(H,15,17). The highest BCUT2D eigenvalue weighted by Crippen LogP contribution is 2.12. The molecule has 1 aromatic heterocycles. The average Bonchev–Trinajstić information content (AvgIpc) is 2.35. The van der Waals surface area contributed by atoms with Gasteiger partial charge in [-0.05, 0) is 47.7 Å². The number of nitrogens with two attached hydrogens (primary N) is 1. The number of aromatic nitrogens is 2. The van der Waals surface area contributed by atoms with Crippen LogP contribution in [0.3, 0.4) is 0 Å². The fraction of sp³-hybridized carbons (Fsp3) is 0.182. The number of benzene rings is 1. The number of hydrazine groups is 1. The van der Waals surface area contributed by atoms with Crippen molar-refractivity contribution in [3.63, 3.8) is 0 Å². The van der Waals surface area contributed by atoms with Gasteiger partial charge in [-0.25, -0.2) is 10.8 Å². The Morgan fingerprint density at radius 1 is 1.56 bits per heavy atom. The van der Waals surface area contributed by atoms with Gasteiger partial charge in [0.25, 0.3) is 11.5 Å². The molecule has 6 nitrogen and oxygen atoms in total. The quantitative estimate of drug-likeness (QED) is 0.350. The number of amides is 1. The molecule has 3 N–H and O–H groups in total. The molecule has 0 saturated heterocycles. The third kappa shape index (κ3) is 2.36. The second kappa shape index (κ2) is 5.02. The maximum absolute atomic E-state index is 12.3. The summed E-state index contributed by atoms with van der Waals surface area (Å²) in [7, 11) is 0. The van der Waals surface area contributed by atoms with Crippen molar-refractivity contribution in [2.24, 2.45) is 5.84 Å². The number of halogens is 1. The van der Waals surface area contributed by atoms with Gasteiger partial charge < -0.3 is 0 Å². The van der Waals surface area contributed by atoms with Crippen molar-refractivity contribution in [3.05, 3.63) is 37.9 Å². The number of nitrogens with one attached hydrogen (secondary N) is 1. The van der Waals surface area contributed by atoms with Crippen LogP contribution in [0.25, 0.3) is 10.9 Å². The molecule has 0 spiro atoms. The van der Waals surface area contributed by atoms with E-state index in [2.05, 4.69) is 27.6 Å². The number of hydrogen-bond donors (Lipinski definition) is 2. The predicted octanol–water partition coefficient (Wildman–Crippen LogP) is 0.299. The van der Waals surface area contributed by atoms with Crippen molar-refractivity contribution >= 4 is 39.4 Å². The van der Waals surface area contributed by atoms with Crippen molar-refractivity contribution in [1.29, 1.82) is 0 Å². The summed E-state index contributed by atoms with van der Waals surface area (Å²) in [5.74, 6) is 5.07. The van der Waals surface area contributed by atoms with Crippen LogP contribution in [0, 0.1) is 10.5 Å². The van der Waals surface area contributed by atoms with E-state index in [0.717, 1.165) is 3.57 Å². The minimum absolute atomic E-state index is 0.129. The monoisotopic (exact) mass is 358 g/mol. The Labute approximate surface area is 116 Å². The van der Waals surface area contributed by atoms with Gasteiger partial charge >= 0.3 is 0 Å². The van der Waals surface area contributed by atoms with Gasteiger partial charge in [-0.3, -0.25) is 19.6 Å². The van der Waals surface area contributed by atoms with Crippen LogP contribution in [-0.2, 0) is 11.3 Å². The number of fused-ring (bicyclic) bond motifs is 1. The van der Waals surface area contributed by atoms with Gasteiger partial charge in [-0.15, -0.1) is 0 Å². The fourth-order valence-electron chi connectivity index (χ4n) is 1.68. The van der Waals surface area contributed by atoms with E-state index in [4.69, 9.17) is 5.84 Å². The van der Waals surface area contributed by atoms with E-state index in [1.165, 1.54) is 4.57 Å². The number of carbonyl (C=O) groups excluding carboxylic acids is 1. The number of rotatable bonds is 2. The molecule has 0 bridgehead atoms. The van der Waals surface area contributed by atoms with Crippen LogP contribution in [-0.4, -0.2) is 15.5 Å². The fourth-order valence-corrected chi connectivity index (χ4v) is 2.17. The summed E-state index contributed by atoms with van der Waals surface area (Å²) in [5, 5.41) is 0.498.